The van der Waals surface area contributed by atoms with E-state index in [9.17, 15) is 14.4 Å². The van der Waals surface area contributed by atoms with E-state index in [2.05, 4.69) is 11.9 Å². The van der Waals surface area contributed by atoms with E-state index in [4.69, 9.17) is 4.74 Å². The average molecular weight is 457 g/mol. The first kappa shape index (κ1) is 24.5. The van der Waals surface area contributed by atoms with Crippen LogP contribution in [0.1, 0.15) is 44.3 Å². The highest BCUT2D eigenvalue weighted by molar-refractivity contribution is 6.01. The molecular formula is C28H28N2O4. The molecule has 0 aliphatic heterocycles. The van der Waals surface area contributed by atoms with Gasteiger partial charge in [-0.15, -0.1) is 0 Å². The number of rotatable bonds is 7. The van der Waals surface area contributed by atoms with E-state index in [0.717, 1.165) is 22.3 Å². The summed E-state index contributed by atoms with van der Waals surface area (Å²) in [4.78, 5) is 38.6. The van der Waals surface area contributed by atoms with Gasteiger partial charge in [0.2, 0.25) is 5.91 Å². The molecule has 0 saturated heterocycles. The Morgan fingerprint density at radius 3 is 2.44 bits per heavy atom. The number of hydrogen-bond donors (Lipinski definition) is 1. The van der Waals surface area contributed by atoms with E-state index in [1.165, 1.54) is 14.0 Å². The summed E-state index contributed by atoms with van der Waals surface area (Å²) in [5.41, 5.74) is 5.90. The molecule has 0 atom stereocenters. The Bertz CT molecular complexity index is 1260. The SMILES string of the molecule is C=Cc1cc(C(=O)OC)ccc1N(Cc1cc(-c2ccccc2C(=O)NC)ccc1C)C(C)=O. The smallest absolute Gasteiger partial charge is 0.337 e. The van der Waals surface area contributed by atoms with Crippen molar-refractivity contribution in [1.29, 1.82) is 0 Å². The maximum absolute atomic E-state index is 12.7. The van der Waals surface area contributed by atoms with Crippen LogP contribution < -0.4 is 10.2 Å². The number of nitrogens with zero attached hydrogens (tertiary/aromatic N) is 1. The summed E-state index contributed by atoms with van der Waals surface area (Å²) in [6.07, 6.45) is 1.61. The predicted molar refractivity (Wildman–Crippen MR) is 135 cm³/mol. The van der Waals surface area contributed by atoms with Crippen LogP contribution in [0.3, 0.4) is 0 Å². The van der Waals surface area contributed by atoms with Gasteiger partial charge in [-0.05, 0) is 65.1 Å². The number of nitrogens with one attached hydrogen (secondary N) is 1. The highest BCUT2D eigenvalue weighted by Crippen LogP contribution is 2.30. The van der Waals surface area contributed by atoms with Gasteiger partial charge in [-0.25, -0.2) is 4.79 Å². The minimum absolute atomic E-state index is 0.149. The van der Waals surface area contributed by atoms with Gasteiger partial charge in [-0.1, -0.05) is 43.0 Å². The monoisotopic (exact) mass is 456 g/mol. The lowest BCUT2D eigenvalue weighted by Gasteiger charge is -2.25. The van der Waals surface area contributed by atoms with E-state index >= 15 is 0 Å². The Hall–Kier alpha value is -4.19. The summed E-state index contributed by atoms with van der Waals surface area (Å²) < 4.78 is 4.80. The molecule has 0 unspecified atom stereocenters. The quantitative estimate of drug-likeness (QED) is 0.508. The first-order valence-corrected chi connectivity index (χ1v) is 10.8. The molecule has 0 aliphatic carbocycles. The first-order chi connectivity index (χ1) is 16.3. The van der Waals surface area contributed by atoms with Gasteiger partial charge in [0.05, 0.1) is 24.9 Å². The second-order valence-electron chi connectivity index (χ2n) is 7.84. The lowest BCUT2D eigenvalue weighted by Crippen LogP contribution is -2.29. The number of benzene rings is 3. The van der Waals surface area contributed by atoms with E-state index in [0.29, 0.717) is 28.9 Å². The van der Waals surface area contributed by atoms with Crippen LogP contribution in [0.15, 0.2) is 67.2 Å². The van der Waals surface area contributed by atoms with Gasteiger partial charge in [-0.3, -0.25) is 9.59 Å². The molecule has 0 heterocycles. The molecule has 0 spiro atoms. The third kappa shape index (κ3) is 5.07. The second kappa shape index (κ2) is 10.6. The van der Waals surface area contributed by atoms with Crippen LogP contribution >= 0.6 is 0 Å². The molecule has 6 heteroatoms. The van der Waals surface area contributed by atoms with E-state index in [-0.39, 0.29) is 11.8 Å². The van der Waals surface area contributed by atoms with Crippen LogP contribution in [0.25, 0.3) is 17.2 Å². The highest BCUT2D eigenvalue weighted by atomic mass is 16.5. The molecule has 6 nitrogen and oxygen atoms in total. The normalized spacial score (nSPS) is 10.4. The lowest BCUT2D eigenvalue weighted by atomic mass is 9.95. The molecule has 3 aromatic rings. The maximum atomic E-state index is 12.7. The van der Waals surface area contributed by atoms with Gasteiger partial charge < -0.3 is 15.0 Å². The van der Waals surface area contributed by atoms with Gasteiger partial charge in [0.25, 0.3) is 5.91 Å². The molecule has 0 radical (unpaired) electrons. The summed E-state index contributed by atoms with van der Waals surface area (Å²) >= 11 is 0. The number of ether oxygens (including phenoxy) is 1. The topological polar surface area (TPSA) is 75.7 Å². The van der Waals surface area contributed by atoms with Crippen molar-refractivity contribution in [3.8, 4) is 11.1 Å². The zero-order valence-electron chi connectivity index (χ0n) is 19.8. The van der Waals surface area contributed by atoms with Crippen molar-refractivity contribution in [1.82, 2.24) is 5.32 Å². The van der Waals surface area contributed by atoms with E-state index in [1.54, 1.807) is 42.3 Å². The number of esters is 1. The van der Waals surface area contributed by atoms with Crippen LogP contribution in [-0.4, -0.2) is 31.9 Å². The Kier molecular flexibility index (Phi) is 7.64. The summed E-state index contributed by atoms with van der Waals surface area (Å²) in [7, 11) is 2.93. The van der Waals surface area contributed by atoms with Crippen molar-refractivity contribution in [2.75, 3.05) is 19.1 Å². The number of anilines is 1. The number of methoxy groups -OCH3 is 1. The molecule has 0 saturated carbocycles. The lowest BCUT2D eigenvalue weighted by molar-refractivity contribution is -0.116. The zero-order chi connectivity index (χ0) is 24.8. The summed E-state index contributed by atoms with van der Waals surface area (Å²) in [6.45, 7) is 7.64. The Balaban J connectivity index is 2.05. The number of carbonyl (C=O) groups excluding carboxylic acids is 3. The molecule has 0 fully saturated rings. The number of amides is 2. The molecule has 2 amide bonds. The van der Waals surface area contributed by atoms with Gasteiger partial charge >= 0.3 is 5.97 Å². The summed E-state index contributed by atoms with van der Waals surface area (Å²) in [5.74, 6) is -0.767. The largest absolute Gasteiger partial charge is 0.465 e. The van der Waals surface area contributed by atoms with Crippen molar-refractivity contribution in [2.45, 2.75) is 20.4 Å². The Labute approximate surface area is 199 Å². The molecule has 1 N–H and O–H groups in total. The predicted octanol–water partition coefficient (Wildman–Crippen LogP) is 5.00. The molecule has 174 valence electrons. The fourth-order valence-corrected chi connectivity index (χ4v) is 3.82. The van der Waals surface area contributed by atoms with Crippen LogP contribution in [0.5, 0.6) is 0 Å². The van der Waals surface area contributed by atoms with E-state index in [1.807, 2.05) is 43.3 Å². The molecule has 3 rings (SSSR count). The minimum atomic E-state index is -0.456. The standard InChI is InChI=1S/C28H28N2O4/c1-6-20-15-22(28(33)34-5)13-14-26(20)30(19(3)31)17-23-16-21(12-11-18(23)2)24-9-7-8-10-25(24)27(32)29-4/h6-16H,1,17H2,2-5H3,(H,29,32). The molecular weight excluding hydrogens is 428 g/mol. The molecule has 0 aliphatic rings. The van der Waals surface area contributed by atoms with E-state index < -0.39 is 5.97 Å². The molecule has 0 aromatic heterocycles. The summed E-state index contributed by atoms with van der Waals surface area (Å²) in [5, 5.41) is 2.68. The third-order valence-corrected chi connectivity index (χ3v) is 5.73. The van der Waals surface area contributed by atoms with Gasteiger partial charge in [-0.2, -0.15) is 0 Å². The van der Waals surface area contributed by atoms with Crippen molar-refractivity contribution >= 4 is 29.5 Å². The Morgan fingerprint density at radius 2 is 1.79 bits per heavy atom. The van der Waals surface area contributed by atoms with Crippen molar-refractivity contribution in [3.63, 3.8) is 0 Å². The second-order valence-corrected chi connectivity index (χ2v) is 7.84. The number of hydrogen-bond acceptors (Lipinski definition) is 4. The zero-order valence-corrected chi connectivity index (χ0v) is 19.8. The van der Waals surface area contributed by atoms with Crippen LogP contribution in [-0.2, 0) is 16.1 Å². The Morgan fingerprint density at radius 1 is 1.06 bits per heavy atom. The fraction of sp³-hybridized carbons (Fsp3) is 0.179. The average Bonchev–Trinajstić information content (AvgIpc) is 2.86. The van der Waals surface area contributed by atoms with Gasteiger partial charge in [0.15, 0.2) is 0 Å². The number of carbonyl (C=O) groups is 3. The van der Waals surface area contributed by atoms with Crippen molar-refractivity contribution in [2.24, 2.45) is 0 Å². The van der Waals surface area contributed by atoms with Crippen molar-refractivity contribution < 1.29 is 19.1 Å². The van der Waals surface area contributed by atoms with Crippen LogP contribution in [0.2, 0.25) is 0 Å². The third-order valence-electron chi connectivity index (χ3n) is 5.73. The van der Waals surface area contributed by atoms with Crippen LogP contribution in [0.4, 0.5) is 5.69 Å². The fourth-order valence-electron chi connectivity index (χ4n) is 3.82. The minimum Gasteiger partial charge on any atom is -0.465 e. The first-order valence-electron chi connectivity index (χ1n) is 10.8. The van der Waals surface area contributed by atoms with Gasteiger partial charge in [0.1, 0.15) is 0 Å². The van der Waals surface area contributed by atoms with Gasteiger partial charge in [0, 0.05) is 19.5 Å². The molecule has 3 aromatic carbocycles. The van der Waals surface area contributed by atoms with Crippen molar-refractivity contribution in [3.05, 3.63) is 95.1 Å². The molecule has 0 bridgehead atoms. The number of aryl methyl sites for hydroxylation is 1. The van der Waals surface area contributed by atoms with Crippen LogP contribution in [0, 0.1) is 6.92 Å². The summed E-state index contributed by atoms with van der Waals surface area (Å²) in [6, 6.07) is 18.4. The molecule has 34 heavy (non-hydrogen) atoms. The maximum Gasteiger partial charge on any atom is 0.337 e. The highest BCUT2D eigenvalue weighted by Gasteiger charge is 2.19.